The molecule has 22 heavy (non-hydrogen) atoms. The van der Waals surface area contributed by atoms with Crippen LogP contribution >= 0.6 is 0 Å². The predicted molar refractivity (Wildman–Crippen MR) is 86.9 cm³/mol. The minimum absolute atomic E-state index is 0.171. The normalized spacial score (nSPS) is 22.1. The highest BCUT2D eigenvalue weighted by molar-refractivity contribution is 5.63. The third-order valence-electron chi connectivity index (χ3n) is 4.56. The van der Waals surface area contributed by atoms with Gasteiger partial charge in [-0.2, -0.15) is 0 Å². The van der Waals surface area contributed by atoms with Gasteiger partial charge in [0.05, 0.1) is 6.10 Å². The average Bonchev–Trinajstić information content (AvgIpc) is 2.90. The number of aliphatic hydroxyl groups is 1. The van der Waals surface area contributed by atoms with Gasteiger partial charge in [0.25, 0.3) is 0 Å². The van der Waals surface area contributed by atoms with Crippen molar-refractivity contribution in [1.82, 2.24) is 4.90 Å². The summed E-state index contributed by atoms with van der Waals surface area (Å²) in [7, 11) is 0. The van der Waals surface area contributed by atoms with Gasteiger partial charge in [-0.05, 0) is 29.5 Å². The van der Waals surface area contributed by atoms with Crippen LogP contribution in [0.2, 0.25) is 0 Å². The lowest BCUT2D eigenvalue weighted by atomic mass is 10.0. The first-order chi connectivity index (χ1) is 10.7. The number of benzene rings is 2. The molecule has 0 saturated carbocycles. The maximum absolute atomic E-state index is 14.4. The Morgan fingerprint density at radius 2 is 1.86 bits per heavy atom. The number of β-amino-alcohol motifs (C(OH)–C–C–N with tert-alkyl or cyclic N) is 1. The van der Waals surface area contributed by atoms with Crippen LogP contribution in [0.25, 0.3) is 11.1 Å². The maximum atomic E-state index is 14.4. The van der Waals surface area contributed by atoms with E-state index in [0.717, 1.165) is 24.1 Å². The second kappa shape index (κ2) is 6.59. The molecular weight excluding hydrogens is 277 g/mol. The van der Waals surface area contributed by atoms with Crippen LogP contribution in [0.15, 0.2) is 48.5 Å². The summed E-state index contributed by atoms with van der Waals surface area (Å²) in [6.07, 6.45) is 0.684. The zero-order valence-electron chi connectivity index (χ0n) is 12.9. The van der Waals surface area contributed by atoms with E-state index in [-0.39, 0.29) is 11.9 Å². The summed E-state index contributed by atoms with van der Waals surface area (Å²) in [5.41, 5.74) is 2.62. The smallest absolute Gasteiger partial charge is 0.128 e. The Kier molecular flexibility index (Phi) is 4.55. The summed E-state index contributed by atoms with van der Waals surface area (Å²) in [5, 5.41) is 9.96. The van der Waals surface area contributed by atoms with Crippen molar-refractivity contribution < 1.29 is 9.50 Å². The molecule has 0 spiro atoms. The first-order valence-electron chi connectivity index (χ1n) is 7.91. The molecule has 2 aromatic rings. The average molecular weight is 299 g/mol. The quantitative estimate of drug-likeness (QED) is 0.930. The van der Waals surface area contributed by atoms with E-state index in [1.807, 2.05) is 42.5 Å². The van der Waals surface area contributed by atoms with Crippen LogP contribution in [0.1, 0.15) is 18.9 Å². The molecular formula is C19H22FNO. The van der Waals surface area contributed by atoms with Crippen molar-refractivity contribution in [3.63, 3.8) is 0 Å². The predicted octanol–water partition coefficient (Wildman–Crippen LogP) is 3.70. The maximum Gasteiger partial charge on any atom is 0.128 e. The summed E-state index contributed by atoms with van der Waals surface area (Å²) in [5.74, 6) is 0.141. The van der Waals surface area contributed by atoms with Crippen LogP contribution in [-0.2, 0) is 6.54 Å². The van der Waals surface area contributed by atoms with E-state index in [2.05, 4.69) is 11.8 Å². The molecule has 3 rings (SSSR count). The van der Waals surface area contributed by atoms with E-state index >= 15 is 0 Å². The van der Waals surface area contributed by atoms with Gasteiger partial charge in [-0.3, -0.25) is 4.90 Å². The molecule has 2 aromatic carbocycles. The van der Waals surface area contributed by atoms with E-state index < -0.39 is 0 Å². The second-order valence-corrected chi connectivity index (χ2v) is 6.10. The van der Waals surface area contributed by atoms with Crippen molar-refractivity contribution in [2.75, 3.05) is 13.1 Å². The fraction of sp³-hybridized carbons (Fsp3) is 0.368. The Morgan fingerprint density at radius 3 is 2.50 bits per heavy atom. The number of nitrogens with zero attached hydrogens (tertiary/aromatic N) is 1. The molecule has 1 heterocycles. The Balaban J connectivity index is 1.74. The molecule has 0 aliphatic carbocycles. The lowest BCUT2D eigenvalue weighted by molar-refractivity contribution is 0.139. The van der Waals surface area contributed by atoms with Crippen molar-refractivity contribution >= 4 is 0 Å². The molecule has 1 saturated heterocycles. The molecule has 1 N–H and O–H groups in total. The van der Waals surface area contributed by atoms with Crippen LogP contribution < -0.4 is 0 Å². The number of hydrogen-bond donors (Lipinski definition) is 1. The van der Waals surface area contributed by atoms with Crippen LogP contribution in [-0.4, -0.2) is 29.2 Å². The lowest BCUT2D eigenvalue weighted by Gasteiger charge is -2.16. The van der Waals surface area contributed by atoms with E-state index in [1.54, 1.807) is 6.07 Å². The van der Waals surface area contributed by atoms with Gasteiger partial charge >= 0.3 is 0 Å². The van der Waals surface area contributed by atoms with Crippen LogP contribution in [0.4, 0.5) is 4.39 Å². The van der Waals surface area contributed by atoms with Crippen LogP contribution in [0.5, 0.6) is 0 Å². The summed E-state index contributed by atoms with van der Waals surface area (Å²) in [4.78, 5) is 2.14. The molecule has 2 atom stereocenters. The number of likely N-dealkylation sites (tertiary alicyclic amines) is 1. The van der Waals surface area contributed by atoms with E-state index in [4.69, 9.17) is 0 Å². The van der Waals surface area contributed by atoms with Crippen molar-refractivity contribution in [2.24, 2.45) is 5.92 Å². The van der Waals surface area contributed by atoms with Gasteiger partial charge in [0, 0.05) is 25.2 Å². The molecule has 2 unspecified atom stereocenters. The first-order valence-corrected chi connectivity index (χ1v) is 7.91. The summed E-state index contributed by atoms with van der Waals surface area (Å²) in [6, 6.07) is 15.3. The molecule has 1 aliphatic rings. The van der Waals surface area contributed by atoms with Gasteiger partial charge in [-0.25, -0.2) is 4.39 Å². The van der Waals surface area contributed by atoms with E-state index in [1.165, 1.54) is 0 Å². The summed E-state index contributed by atoms with van der Waals surface area (Å²) in [6.45, 7) is 4.14. The fourth-order valence-corrected chi connectivity index (χ4v) is 3.20. The van der Waals surface area contributed by atoms with Crippen molar-refractivity contribution in [2.45, 2.75) is 26.0 Å². The zero-order valence-corrected chi connectivity index (χ0v) is 12.9. The topological polar surface area (TPSA) is 23.5 Å². The third kappa shape index (κ3) is 3.21. The molecule has 1 fully saturated rings. The van der Waals surface area contributed by atoms with Crippen LogP contribution in [0, 0.1) is 11.7 Å². The highest BCUT2D eigenvalue weighted by Crippen LogP contribution is 2.25. The minimum Gasteiger partial charge on any atom is -0.391 e. The van der Waals surface area contributed by atoms with Gasteiger partial charge in [0.1, 0.15) is 5.82 Å². The molecule has 0 radical (unpaired) electrons. The SMILES string of the molecule is CCC1CN(Cc2ccc(-c3ccccc3)cc2F)CC1O. The molecule has 0 aromatic heterocycles. The second-order valence-electron chi connectivity index (χ2n) is 6.10. The third-order valence-corrected chi connectivity index (χ3v) is 4.56. The van der Waals surface area contributed by atoms with E-state index in [0.29, 0.717) is 24.6 Å². The largest absolute Gasteiger partial charge is 0.391 e. The number of halogens is 1. The molecule has 1 aliphatic heterocycles. The molecule has 0 bridgehead atoms. The monoisotopic (exact) mass is 299 g/mol. The van der Waals surface area contributed by atoms with Crippen molar-refractivity contribution in [3.05, 3.63) is 59.9 Å². The van der Waals surface area contributed by atoms with Gasteiger partial charge < -0.3 is 5.11 Å². The first kappa shape index (κ1) is 15.2. The number of rotatable bonds is 4. The minimum atomic E-state index is -0.281. The highest BCUT2D eigenvalue weighted by Gasteiger charge is 2.30. The Bertz CT molecular complexity index is 629. The fourth-order valence-electron chi connectivity index (χ4n) is 3.20. The van der Waals surface area contributed by atoms with Crippen LogP contribution in [0.3, 0.4) is 0 Å². The lowest BCUT2D eigenvalue weighted by Crippen LogP contribution is -2.22. The number of aliphatic hydroxyl groups excluding tert-OH is 1. The molecule has 0 amide bonds. The van der Waals surface area contributed by atoms with E-state index in [9.17, 15) is 9.50 Å². The Morgan fingerprint density at radius 1 is 1.09 bits per heavy atom. The highest BCUT2D eigenvalue weighted by atomic mass is 19.1. The molecule has 2 nitrogen and oxygen atoms in total. The molecule has 3 heteroatoms. The standard InChI is InChI=1S/C19H22FNO/c1-2-14-11-21(13-19(14)22)12-17-9-8-16(10-18(17)20)15-6-4-3-5-7-15/h3-10,14,19,22H,2,11-13H2,1H3. The van der Waals surface area contributed by atoms with Gasteiger partial charge in [0.15, 0.2) is 0 Å². The summed E-state index contributed by atoms with van der Waals surface area (Å²) >= 11 is 0. The Labute approximate surface area is 131 Å². The van der Waals surface area contributed by atoms with Crippen molar-refractivity contribution in [3.8, 4) is 11.1 Å². The Hall–Kier alpha value is -1.71. The zero-order chi connectivity index (χ0) is 15.5. The van der Waals surface area contributed by atoms with Crippen molar-refractivity contribution in [1.29, 1.82) is 0 Å². The molecule has 116 valence electrons. The number of hydrogen-bond acceptors (Lipinski definition) is 2. The summed E-state index contributed by atoms with van der Waals surface area (Å²) < 4.78 is 14.4. The van der Waals surface area contributed by atoms with Gasteiger partial charge in [0.2, 0.25) is 0 Å². The van der Waals surface area contributed by atoms with Gasteiger partial charge in [-0.1, -0.05) is 49.4 Å². The van der Waals surface area contributed by atoms with Gasteiger partial charge in [-0.15, -0.1) is 0 Å².